The second kappa shape index (κ2) is 8.72. The summed E-state index contributed by atoms with van der Waals surface area (Å²) < 4.78 is 16.4. The van der Waals surface area contributed by atoms with E-state index in [9.17, 15) is 4.79 Å². The van der Waals surface area contributed by atoms with Gasteiger partial charge < -0.3 is 19.2 Å². The van der Waals surface area contributed by atoms with Crippen LogP contribution < -0.4 is 10.1 Å². The van der Waals surface area contributed by atoms with Crippen molar-refractivity contribution >= 4 is 39.9 Å². The number of nitrogens with one attached hydrogen (secondary N) is 1. The van der Waals surface area contributed by atoms with Gasteiger partial charge in [-0.1, -0.05) is 35.2 Å². The number of aromatic nitrogens is 2. The Morgan fingerprint density at radius 3 is 2.96 bits per heavy atom. The molecule has 136 valence electrons. The standard InChI is InChI=1S/C17H17N3O4S2/c1-3-23-13-7-5-4-6-12(13)18-16-19-20-17(26-16)25-10-14-11(8-9-24-14)15(21)22-2/h4-9H,3,10H2,1-2H3,(H,18,19). The number of methoxy groups -OCH3 is 1. The minimum absolute atomic E-state index is 0.415. The van der Waals surface area contributed by atoms with Gasteiger partial charge in [-0.3, -0.25) is 0 Å². The van der Waals surface area contributed by atoms with Crippen LogP contribution in [0.1, 0.15) is 23.0 Å². The second-order valence-electron chi connectivity index (χ2n) is 4.97. The minimum Gasteiger partial charge on any atom is -0.492 e. The van der Waals surface area contributed by atoms with Gasteiger partial charge in [0.2, 0.25) is 5.13 Å². The number of nitrogens with zero attached hydrogens (tertiary/aromatic N) is 2. The molecule has 1 aromatic carbocycles. The predicted molar refractivity (Wildman–Crippen MR) is 100 cm³/mol. The number of benzene rings is 1. The first-order valence-electron chi connectivity index (χ1n) is 7.81. The van der Waals surface area contributed by atoms with Crippen molar-refractivity contribution in [2.45, 2.75) is 17.0 Å². The number of thioether (sulfide) groups is 1. The first kappa shape index (κ1) is 18.3. The van der Waals surface area contributed by atoms with Crippen LogP contribution in [-0.2, 0) is 10.5 Å². The smallest absolute Gasteiger partial charge is 0.341 e. The van der Waals surface area contributed by atoms with Crippen molar-refractivity contribution in [1.29, 1.82) is 0 Å². The van der Waals surface area contributed by atoms with Gasteiger partial charge in [-0.25, -0.2) is 4.79 Å². The molecule has 3 rings (SSSR count). The number of rotatable bonds is 8. The molecule has 0 bridgehead atoms. The minimum atomic E-state index is -0.415. The van der Waals surface area contributed by atoms with Crippen LogP contribution in [-0.4, -0.2) is 29.9 Å². The zero-order valence-corrected chi connectivity index (χ0v) is 15.9. The Bertz CT molecular complexity index is 878. The predicted octanol–water partition coefficient (Wildman–Crippen LogP) is 4.35. The normalized spacial score (nSPS) is 10.5. The molecule has 0 unspecified atom stereocenters. The molecule has 7 nitrogen and oxygen atoms in total. The van der Waals surface area contributed by atoms with Gasteiger partial charge in [0.1, 0.15) is 17.1 Å². The molecule has 1 N–H and O–H groups in total. The molecular weight excluding hydrogens is 374 g/mol. The highest BCUT2D eigenvalue weighted by Crippen LogP contribution is 2.33. The topological polar surface area (TPSA) is 86.5 Å². The lowest BCUT2D eigenvalue weighted by Gasteiger charge is -2.09. The Balaban J connectivity index is 1.64. The Kier molecular flexibility index (Phi) is 6.13. The van der Waals surface area contributed by atoms with Gasteiger partial charge in [0.15, 0.2) is 4.34 Å². The zero-order valence-electron chi connectivity index (χ0n) is 14.2. The molecule has 0 aliphatic carbocycles. The summed E-state index contributed by atoms with van der Waals surface area (Å²) in [6.45, 7) is 2.52. The molecule has 0 radical (unpaired) electrons. The summed E-state index contributed by atoms with van der Waals surface area (Å²) in [5.74, 6) is 1.36. The van der Waals surface area contributed by atoms with Crippen molar-refractivity contribution in [3.63, 3.8) is 0 Å². The molecule has 0 saturated heterocycles. The summed E-state index contributed by atoms with van der Waals surface area (Å²) in [6.07, 6.45) is 1.47. The molecule has 26 heavy (non-hydrogen) atoms. The summed E-state index contributed by atoms with van der Waals surface area (Å²) in [5.41, 5.74) is 1.26. The van der Waals surface area contributed by atoms with E-state index in [2.05, 4.69) is 15.5 Å². The number of anilines is 2. The average molecular weight is 391 g/mol. The first-order chi connectivity index (χ1) is 12.7. The third kappa shape index (κ3) is 4.36. The Morgan fingerprint density at radius 2 is 2.15 bits per heavy atom. The lowest BCUT2D eigenvalue weighted by molar-refractivity contribution is 0.0598. The van der Waals surface area contributed by atoms with Crippen LogP contribution in [0.3, 0.4) is 0 Å². The van der Waals surface area contributed by atoms with Crippen LogP contribution in [0.15, 0.2) is 45.4 Å². The number of ether oxygens (including phenoxy) is 2. The molecule has 0 saturated carbocycles. The molecule has 0 fully saturated rings. The quantitative estimate of drug-likeness (QED) is 0.448. The highest BCUT2D eigenvalue weighted by molar-refractivity contribution is 8.00. The molecule has 0 aliphatic rings. The SMILES string of the molecule is CCOc1ccccc1Nc1nnc(SCc2occc2C(=O)OC)s1. The summed E-state index contributed by atoms with van der Waals surface area (Å²) in [7, 11) is 1.34. The number of carbonyl (C=O) groups is 1. The van der Waals surface area contributed by atoms with Crippen molar-refractivity contribution in [1.82, 2.24) is 10.2 Å². The van der Waals surface area contributed by atoms with E-state index in [1.165, 1.54) is 36.5 Å². The highest BCUT2D eigenvalue weighted by Gasteiger charge is 2.16. The van der Waals surface area contributed by atoms with Crippen molar-refractivity contribution in [2.75, 3.05) is 19.0 Å². The monoisotopic (exact) mass is 391 g/mol. The van der Waals surface area contributed by atoms with Gasteiger partial charge in [0.05, 0.1) is 31.4 Å². The largest absolute Gasteiger partial charge is 0.492 e. The maximum atomic E-state index is 11.7. The fourth-order valence-electron chi connectivity index (χ4n) is 2.16. The van der Waals surface area contributed by atoms with Gasteiger partial charge in [-0.2, -0.15) is 0 Å². The summed E-state index contributed by atoms with van der Waals surface area (Å²) >= 11 is 2.85. The summed E-state index contributed by atoms with van der Waals surface area (Å²) in [6, 6.07) is 9.25. The van der Waals surface area contributed by atoms with Gasteiger partial charge in [-0.05, 0) is 25.1 Å². The summed E-state index contributed by atoms with van der Waals surface area (Å²) in [4.78, 5) is 11.7. The molecule has 0 aliphatic heterocycles. The van der Waals surface area contributed by atoms with E-state index in [4.69, 9.17) is 13.9 Å². The van der Waals surface area contributed by atoms with Gasteiger partial charge in [0.25, 0.3) is 0 Å². The van der Waals surface area contributed by atoms with Crippen LogP contribution in [0.5, 0.6) is 5.75 Å². The number of hydrogen-bond acceptors (Lipinski definition) is 9. The van der Waals surface area contributed by atoms with Gasteiger partial charge in [-0.15, -0.1) is 10.2 Å². The van der Waals surface area contributed by atoms with Crippen molar-refractivity contribution in [2.24, 2.45) is 0 Å². The van der Waals surface area contributed by atoms with Crippen LogP contribution in [0.2, 0.25) is 0 Å². The number of carbonyl (C=O) groups excluding carboxylic acids is 1. The maximum absolute atomic E-state index is 11.7. The van der Waals surface area contributed by atoms with Gasteiger partial charge >= 0.3 is 5.97 Å². The molecule has 2 heterocycles. The molecule has 0 spiro atoms. The lowest BCUT2D eigenvalue weighted by atomic mass is 10.3. The van der Waals surface area contributed by atoms with E-state index in [1.54, 1.807) is 6.07 Å². The van der Waals surface area contributed by atoms with E-state index in [1.807, 2.05) is 31.2 Å². The van der Waals surface area contributed by atoms with E-state index < -0.39 is 5.97 Å². The number of hydrogen-bond donors (Lipinski definition) is 1. The fourth-order valence-corrected chi connectivity index (χ4v) is 3.87. The van der Waals surface area contributed by atoms with Crippen LogP contribution >= 0.6 is 23.1 Å². The first-order valence-corrected chi connectivity index (χ1v) is 9.61. The van der Waals surface area contributed by atoms with Gasteiger partial charge in [0, 0.05) is 0 Å². The number of furan rings is 1. The Hall–Kier alpha value is -2.52. The zero-order chi connectivity index (χ0) is 18.4. The summed E-state index contributed by atoms with van der Waals surface area (Å²) in [5, 5.41) is 12.2. The highest BCUT2D eigenvalue weighted by atomic mass is 32.2. The lowest BCUT2D eigenvalue weighted by Crippen LogP contribution is -2.02. The van der Waals surface area contributed by atoms with E-state index >= 15 is 0 Å². The van der Waals surface area contributed by atoms with Crippen molar-refractivity contribution < 1.29 is 18.7 Å². The van der Waals surface area contributed by atoms with Crippen LogP contribution in [0, 0.1) is 0 Å². The molecule has 0 atom stereocenters. The fraction of sp³-hybridized carbons (Fsp3) is 0.235. The van der Waals surface area contributed by atoms with Crippen molar-refractivity contribution in [3.05, 3.63) is 47.9 Å². The molecule has 9 heteroatoms. The third-order valence-electron chi connectivity index (χ3n) is 3.31. The van der Waals surface area contributed by atoms with Crippen LogP contribution in [0.4, 0.5) is 10.8 Å². The Labute approximate surface area is 158 Å². The van der Waals surface area contributed by atoms with Crippen LogP contribution in [0.25, 0.3) is 0 Å². The molecule has 3 aromatic rings. The second-order valence-corrected chi connectivity index (χ2v) is 7.16. The Morgan fingerprint density at radius 1 is 1.31 bits per heavy atom. The third-order valence-corrected chi connectivity index (χ3v) is 5.28. The number of esters is 1. The average Bonchev–Trinajstić information content (AvgIpc) is 3.30. The van der Waals surface area contributed by atoms with E-state index in [0.717, 1.165) is 15.8 Å². The van der Waals surface area contributed by atoms with Crippen molar-refractivity contribution in [3.8, 4) is 5.75 Å². The van der Waals surface area contributed by atoms with E-state index in [-0.39, 0.29) is 0 Å². The molecule has 2 aromatic heterocycles. The molecule has 0 amide bonds. The van der Waals surface area contributed by atoms with E-state index in [0.29, 0.717) is 28.8 Å². The maximum Gasteiger partial charge on any atom is 0.341 e. The molecular formula is C17H17N3O4S2. The number of para-hydroxylation sites is 2.